The smallest absolute Gasteiger partial charge is 0.161 e. The number of hydrogen-bond donors (Lipinski definition) is 1. The molecule has 2 heterocycles. The predicted octanol–water partition coefficient (Wildman–Crippen LogP) is 1.81. The van der Waals surface area contributed by atoms with E-state index in [0.717, 1.165) is 43.6 Å². The quantitative estimate of drug-likeness (QED) is 0.911. The van der Waals surface area contributed by atoms with E-state index in [1.165, 1.54) is 18.4 Å². The molecule has 1 saturated heterocycles. The fourth-order valence-corrected chi connectivity index (χ4v) is 3.40. The summed E-state index contributed by atoms with van der Waals surface area (Å²) in [5, 5.41) is 3.44. The molecule has 1 unspecified atom stereocenters. The molecule has 1 N–H and O–H groups in total. The van der Waals surface area contributed by atoms with Gasteiger partial charge in [0.15, 0.2) is 11.5 Å². The third kappa shape index (κ3) is 2.38. The molecule has 4 heteroatoms. The van der Waals surface area contributed by atoms with Crippen LogP contribution in [-0.4, -0.2) is 44.3 Å². The van der Waals surface area contributed by atoms with E-state index in [1.54, 1.807) is 0 Å². The van der Waals surface area contributed by atoms with E-state index in [4.69, 9.17) is 9.47 Å². The van der Waals surface area contributed by atoms with E-state index < -0.39 is 0 Å². The van der Waals surface area contributed by atoms with Gasteiger partial charge in [-0.25, -0.2) is 0 Å². The zero-order valence-corrected chi connectivity index (χ0v) is 11.8. The first kappa shape index (κ1) is 12.5. The van der Waals surface area contributed by atoms with Gasteiger partial charge in [0.1, 0.15) is 13.2 Å². The Morgan fingerprint density at radius 1 is 1.05 bits per heavy atom. The molecule has 1 atom stereocenters. The van der Waals surface area contributed by atoms with Crippen LogP contribution in [0.2, 0.25) is 0 Å². The Kier molecular flexibility index (Phi) is 3.28. The zero-order valence-electron chi connectivity index (χ0n) is 11.8. The maximum atomic E-state index is 5.75. The van der Waals surface area contributed by atoms with Crippen LogP contribution in [-0.2, 0) is 0 Å². The van der Waals surface area contributed by atoms with Crippen molar-refractivity contribution in [3.63, 3.8) is 0 Å². The van der Waals surface area contributed by atoms with Gasteiger partial charge in [-0.3, -0.25) is 4.90 Å². The first-order valence-electron chi connectivity index (χ1n) is 7.76. The molecular weight excluding hydrogens is 252 g/mol. The highest BCUT2D eigenvalue weighted by atomic mass is 16.6. The van der Waals surface area contributed by atoms with Crippen LogP contribution < -0.4 is 14.8 Å². The van der Waals surface area contributed by atoms with Crippen molar-refractivity contribution in [3.8, 4) is 11.5 Å². The molecule has 1 aliphatic carbocycles. The van der Waals surface area contributed by atoms with Gasteiger partial charge in [0, 0.05) is 32.2 Å². The van der Waals surface area contributed by atoms with Gasteiger partial charge in [-0.15, -0.1) is 0 Å². The average molecular weight is 274 g/mol. The standard InChI is InChI=1S/C16H22N2O2/c1-2-12(1)16(18-7-5-17-6-8-18)13-3-4-14-15(11-13)20-10-9-19-14/h3-4,11-12,16-17H,1-2,5-10H2. The van der Waals surface area contributed by atoms with Crippen LogP contribution in [0.3, 0.4) is 0 Å². The van der Waals surface area contributed by atoms with Crippen molar-refractivity contribution < 1.29 is 9.47 Å². The summed E-state index contributed by atoms with van der Waals surface area (Å²) in [5.41, 5.74) is 1.40. The van der Waals surface area contributed by atoms with E-state index in [0.29, 0.717) is 19.3 Å². The first-order chi connectivity index (χ1) is 9.92. The van der Waals surface area contributed by atoms with E-state index in [9.17, 15) is 0 Å². The molecule has 4 rings (SSSR count). The summed E-state index contributed by atoms with van der Waals surface area (Å²) in [5.74, 6) is 2.65. The zero-order chi connectivity index (χ0) is 13.4. The maximum Gasteiger partial charge on any atom is 0.161 e. The summed E-state index contributed by atoms with van der Waals surface area (Å²) < 4.78 is 11.4. The highest BCUT2D eigenvalue weighted by Gasteiger charge is 2.37. The topological polar surface area (TPSA) is 33.7 Å². The van der Waals surface area contributed by atoms with Gasteiger partial charge in [-0.1, -0.05) is 6.07 Å². The van der Waals surface area contributed by atoms with Crippen LogP contribution in [0, 0.1) is 5.92 Å². The second kappa shape index (κ2) is 5.26. The summed E-state index contributed by atoms with van der Waals surface area (Å²) >= 11 is 0. The second-order valence-corrected chi connectivity index (χ2v) is 5.97. The van der Waals surface area contributed by atoms with Crippen LogP contribution in [0.1, 0.15) is 24.4 Å². The van der Waals surface area contributed by atoms with Gasteiger partial charge in [0.2, 0.25) is 0 Å². The number of nitrogens with one attached hydrogen (secondary N) is 1. The van der Waals surface area contributed by atoms with Crippen molar-refractivity contribution in [2.24, 2.45) is 5.92 Å². The Morgan fingerprint density at radius 2 is 1.80 bits per heavy atom. The fraction of sp³-hybridized carbons (Fsp3) is 0.625. The highest BCUT2D eigenvalue weighted by molar-refractivity contribution is 5.45. The van der Waals surface area contributed by atoms with Crippen LogP contribution in [0.5, 0.6) is 11.5 Å². The average Bonchev–Trinajstić information content (AvgIpc) is 3.33. The van der Waals surface area contributed by atoms with Crippen molar-refractivity contribution >= 4 is 0 Å². The van der Waals surface area contributed by atoms with Crippen molar-refractivity contribution in [2.75, 3.05) is 39.4 Å². The van der Waals surface area contributed by atoms with Crippen LogP contribution >= 0.6 is 0 Å². The van der Waals surface area contributed by atoms with Crippen molar-refractivity contribution in [1.29, 1.82) is 0 Å². The monoisotopic (exact) mass is 274 g/mol. The molecule has 0 aromatic heterocycles. The predicted molar refractivity (Wildman–Crippen MR) is 77.3 cm³/mol. The van der Waals surface area contributed by atoms with Crippen molar-refractivity contribution in [2.45, 2.75) is 18.9 Å². The molecule has 4 nitrogen and oxygen atoms in total. The number of hydrogen-bond acceptors (Lipinski definition) is 4. The molecular formula is C16H22N2O2. The summed E-state index contributed by atoms with van der Waals surface area (Å²) in [6.07, 6.45) is 2.73. The molecule has 1 aromatic carbocycles. The molecule has 0 bridgehead atoms. The number of rotatable bonds is 3. The molecule has 2 aliphatic heterocycles. The van der Waals surface area contributed by atoms with Crippen molar-refractivity contribution in [1.82, 2.24) is 10.2 Å². The Hall–Kier alpha value is -1.26. The molecule has 1 saturated carbocycles. The van der Waals surface area contributed by atoms with Gasteiger partial charge in [-0.05, 0) is 36.5 Å². The van der Waals surface area contributed by atoms with Gasteiger partial charge < -0.3 is 14.8 Å². The Bertz CT molecular complexity index is 481. The van der Waals surface area contributed by atoms with Gasteiger partial charge in [-0.2, -0.15) is 0 Å². The normalized spacial score (nSPS) is 24.4. The molecule has 20 heavy (non-hydrogen) atoms. The Balaban J connectivity index is 1.62. The fourth-order valence-electron chi connectivity index (χ4n) is 3.40. The Morgan fingerprint density at radius 3 is 2.55 bits per heavy atom. The third-order valence-corrected chi connectivity index (χ3v) is 4.52. The van der Waals surface area contributed by atoms with E-state index in [-0.39, 0.29) is 0 Å². The summed E-state index contributed by atoms with van der Waals surface area (Å²) in [7, 11) is 0. The minimum Gasteiger partial charge on any atom is -0.486 e. The van der Waals surface area contributed by atoms with Crippen LogP contribution in [0.15, 0.2) is 18.2 Å². The minimum atomic E-state index is 0.563. The largest absolute Gasteiger partial charge is 0.486 e. The lowest BCUT2D eigenvalue weighted by Gasteiger charge is -2.36. The van der Waals surface area contributed by atoms with Gasteiger partial charge in [0.05, 0.1) is 0 Å². The summed E-state index contributed by atoms with van der Waals surface area (Å²) in [6.45, 7) is 5.83. The van der Waals surface area contributed by atoms with Crippen molar-refractivity contribution in [3.05, 3.63) is 23.8 Å². The van der Waals surface area contributed by atoms with Gasteiger partial charge in [0.25, 0.3) is 0 Å². The third-order valence-electron chi connectivity index (χ3n) is 4.52. The number of nitrogens with zero attached hydrogens (tertiary/aromatic N) is 1. The number of ether oxygens (including phenoxy) is 2. The van der Waals surface area contributed by atoms with Crippen LogP contribution in [0.4, 0.5) is 0 Å². The molecule has 2 fully saturated rings. The molecule has 3 aliphatic rings. The maximum absolute atomic E-state index is 5.75. The summed E-state index contributed by atoms with van der Waals surface area (Å²) in [6, 6.07) is 7.09. The molecule has 0 radical (unpaired) electrons. The number of fused-ring (bicyclic) bond motifs is 1. The highest BCUT2D eigenvalue weighted by Crippen LogP contribution is 2.46. The lowest BCUT2D eigenvalue weighted by Crippen LogP contribution is -2.45. The molecule has 0 spiro atoms. The number of piperazine rings is 1. The SMILES string of the molecule is c1cc2c(cc1C(C1CC1)N1CCNCC1)OCCO2. The molecule has 108 valence electrons. The van der Waals surface area contributed by atoms with E-state index in [1.807, 2.05) is 0 Å². The van der Waals surface area contributed by atoms with E-state index >= 15 is 0 Å². The molecule has 0 amide bonds. The first-order valence-corrected chi connectivity index (χ1v) is 7.76. The second-order valence-electron chi connectivity index (χ2n) is 5.97. The van der Waals surface area contributed by atoms with Gasteiger partial charge >= 0.3 is 0 Å². The molecule has 1 aromatic rings. The number of benzene rings is 1. The lowest BCUT2D eigenvalue weighted by atomic mass is 9.99. The van der Waals surface area contributed by atoms with E-state index in [2.05, 4.69) is 28.4 Å². The lowest BCUT2D eigenvalue weighted by molar-refractivity contribution is 0.152. The summed E-state index contributed by atoms with van der Waals surface area (Å²) in [4.78, 5) is 2.64. The minimum absolute atomic E-state index is 0.563. The van der Waals surface area contributed by atoms with Crippen LogP contribution in [0.25, 0.3) is 0 Å². The Labute approximate surface area is 120 Å².